The third kappa shape index (κ3) is 5.31. The number of thiocarbonyl (C=S) groups is 1. The molecular weight excluding hydrogens is 280 g/mol. The van der Waals surface area contributed by atoms with Gasteiger partial charge in [0.2, 0.25) is 5.91 Å². The van der Waals surface area contributed by atoms with Crippen molar-refractivity contribution in [3.63, 3.8) is 0 Å². The lowest BCUT2D eigenvalue weighted by Crippen LogP contribution is -2.48. The molecule has 0 saturated heterocycles. The summed E-state index contributed by atoms with van der Waals surface area (Å²) in [5, 5.41) is 3.31. The van der Waals surface area contributed by atoms with E-state index in [0.717, 1.165) is 5.56 Å². The van der Waals surface area contributed by atoms with E-state index in [4.69, 9.17) is 12.2 Å². The second-order valence-corrected chi connectivity index (χ2v) is 6.45. The van der Waals surface area contributed by atoms with Crippen molar-refractivity contribution in [1.29, 1.82) is 0 Å². The third-order valence-corrected chi connectivity index (χ3v) is 3.23. The van der Waals surface area contributed by atoms with Crippen LogP contribution in [0.4, 0.5) is 0 Å². The van der Waals surface area contributed by atoms with Crippen molar-refractivity contribution in [2.75, 3.05) is 6.54 Å². The fraction of sp³-hybridized carbons (Fsp3) is 0.412. The molecule has 0 aliphatic carbocycles. The Morgan fingerprint density at radius 1 is 1.38 bits per heavy atom. The van der Waals surface area contributed by atoms with Crippen LogP contribution in [0.3, 0.4) is 0 Å². The summed E-state index contributed by atoms with van der Waals surface area (Å²) in [6.07, 6.45) is 1.72. The van der Waals surface area contributed by atoms with Gasteiger partial charge in [-0.05, 0) is 26.3 Å². The van der Waals surface area contributed by atoms with E-state index in [-0.39, 0.29) is 17.5 Å². The monoisotopic (exact) mass is 304 g/mol. The molecule has 1 atom stereocenters. The Kier molecular flexibility index (Phi) is 6.09. The summed E-state index contributed by atoms with van der Waals surface area (Å²) in [5.41, 5.74) is 0.845. The topological polar surface area (TPSA) is 32.3 Å². The van der Waals surface area contributed by atoms with Crippen molar-refractivity contribution in [2.45, 2.75) is 39.3 Å². The highest BCUT2D eigenvalue weighted by molar-refractivity contribution is 7.80. The van der Waals surface area contributed by atoms with Crippen LogP contribution in [-0.2, 0) is 4.79 Å². The molecule has 4 heteroatoms. The molecular formula is C17H24N2OS. The molecule has 0 radical (unpaired) electrons. The van der Waals surface area contributed by atoms with Crippen LogP contribution in [0.15, 0.2) is 43.0 Å². The number of nitrogens with one attached hydrogen (secondary N) is 1. The van der Waals surface area contributed by atoms with Crippen LogP contribution in [0.5, 0.6) is 0 Å². The Bertz CT molecular complexity index is 505. The first kappa shape index (κ1) is 17.4. The molecule has 21 heavy (non-hydrogen) atoms. The van der Waals surface area contributed by atoms with Crippen molar-refractivity contribution in [2.24, 2.45) is 0 Å². The highest BCUT2D eigenvalue weighted by Crippen LogP contribution is 2.23. The van der Waals surface area contributed by atoms with Gasteiger partial charge in [-0.2, -0.15) is 0 Å². The molecule has 1 aromatic carbocycles. The second kappa shape index (κ2) is 7.36. The number of carbonyl (C=O) groups is 1. The fourth-order valence-electron chi connectivity index (χ4n) is 2.10. The number of amides is 1. The van der Waals surface area contributed by atoms with Crippen LogP contribution < -0.4 is 5.32 Å². The predicted octanol–water partition coefficient (Wildman–Crippen LogP) is 3.48. The van der Waals surface area contributed by atoms with Crippen molar-refractivity contribution >= 4 is 23.1 Å². The smallest absolute Gasteiger partial charge is 0.220 e. The van der Waals surface area contributed by atoms with E-state index in [0.29, 0.717) is 11.5 Å². The highest BCUT2D eigenvalue weighted by Gasteiger charge is 2.28. The summed E-state index contributed by atoms with van der Waals surface area (Å²) < 4.78 is 0. The molecule has 1 rings (SSSR count). The van der Waals surface area contributed by atoms with Gasteiger partial charge in [0.05, 0.1) is 0 Å². The predicted molar refractivity (Wildman–Crippen MR) is 92.3 cm³/mol. The van der Waals surface area contributed by atoms with Crippen molar-refractivity contribution < 1.29 is 4.79 Å². The largest absolute Gasteiger partial charge is 0.373 e. The minimum atomic E-state index is -0.282. The van der Waals surface area contributed by atoms with Gasteiger partial charge in [-0.15, -0.1) is 6.58 Å². The van der Waals surface area contributed by atoms with Gasteiger partial charge in [0.25, 0.3) is 0 Å². The maximum atomic E-state index is 12.0. The van der Waals surface area contributed by atoms with Gasteiger partial charge in [0.15, 0.2) is 0 Å². The molecule has 0 heterocycles. The maximum Gasteiger partial charge on any atom is 0.220 e. The maximum absolute atomic E-state index is 12.0. The molecule has 0 aliphatic heterocycles. The fourth-order valence-corrected chi connectivity index (χ4v) is 2.67. The van der Waals surface area contributed by atoms with Crippen molar-refractivity contribution in [1.82, 2.24) is 10.2 Å². The van der Waals surface area contributed by atoms with Gasteiger partial charge >= 0.3 is 0 Å². The molecule has 0 saturated carbocycles. The van der Waals surface area contributed by atoms with E-state index < -0.39 is 0 Å². The van der Waals surface area contributed by atoms with Crippen LogP contribution in [0.1, 0.15) is 39.3 Å². The van der Waals surface area contributed by atoms with E-state index in [2.05, 4.69) is 11.9 Å². The standard InChI is InChI=1S/C17H24N2OS/c1-6-12-19(13(2)20)15(14-10-8-7-9-11-14)16(21)18-17(3,4)5/h6-11,15H,1,12H2,2-5H3,(H,18,21). The van der Waals surface area contributed by atoms with Gasteiger partial charge < -0.3 is 10.2 Å². The van der Waals surface area contributed by atoms with Gasteiger partial charge in [-0.25, -0.2) is 0 Å². The Balaban J connectivity index is 3.19. The summed E-state index contributed by atoms with van der Waals surface area (Å²) in [6, 6.07) is 9.55. The highest BCUT2D eigenvalue weighted by atomic mass is 32.1. The Hall–Kier alpha value is -1.68. The molecule has 0 aromatic heterocycles. The number of carbonyl (C=O) groups excluding carboxylic acids is 1. The first-order valence-electron chi connectivity index (χ1n) is 7.01. The van der Waals surface area contributed by atoms with Crippen LogP contribution in [0, 0.1) is 0 Å². The molecule has 3 nitrogen and oxygen atoms in total. The summed E-state index contributed by atoms with van der Waals surface area (Å²) in [6.45, 7) is 11.9. The molecule has 1 N–H and O–H groups in total. The lowest BCUT2D eigenvalue weighted by atomic mass is 10.0. The van der Waals surface area contributed by atoms with E-state index >= 15 is 0 Å². The van der Waals surface area contributed by atoms with Gasteiger partial charge in [-0.1, -0.05) is 48.6 Å². The second-order valence-electron chi connectivity index (χ2n) is 6.01. The normalized spacial score (nSPS) is 12.4. The van der Waals surface area contributed by atoms with Crippen molar-refractivity contribution in [3.05, 3.63) is 48.6 Å². The van der Waals surface area contributed by atoms with Crippen LogP contribution >= 0.6 is 12.2 Å². The molecule has 0 fully saturated rings. The zero-order valence-electron chi connectivity index (χ0n) is 13.2. The van der Waals surface area contributed by atoms with Crippen LogP contribution in [0.2, 0.25) is 0 Å². The van der Waals surface area contributed by atoms with E-state index in [1.165, 1.54) is 0 Å². The molecule has 0 bridgehead atoms. The van der Waals surface area contributed by atoms with Gasteiger partial charge in [0.1, 0.15) is 11.0 Å². The van der Waals surface area contributed by atoms with Gasteiger partial charge in [-0.3, -0.25) is 4.79 Å². The van der Waals surface area contributed by atoms with E-state index in [9.17, 15) is 4.79 Å². The van der Waals surface area contributed by atoms with E-state index in [1.807, 2.05) is 51.1 Å². The molecule has 0 spiro atoms. The van der Waals surface area contributed by atoms with Gasteiger partial charge in [0, 0.05) is 19.0 Å². The minimum absolute atomic E-state index is 0.0261. The summed E-state index contributed by atoms with van der Waals surface area (Å²) >= 11 is 5.58. The minimum Gasteiger partial charge on any atom is -0.373 e. The molecule has 1 unspecified atom stereocenters. The molecule has 1 aromatic rings. The van der Waals surface area contributed by atoms with Crippen LogP contribution in [0.25, 0.3) is 0 Å². The SMILES string of the molecule is C=CCN(C(C)=O)C(C(=S)NC(C)(C)C)c1ccccc1. The zero-order valence-corrected chi connectivity index (χ0v) is 14.0. The lowest BCUT2D eigenvalue weighted by molar-refractivity contribution is -0.129. The number of hydrogen-bond donors (Lipinski definition) is 1. The summed E-state index contributed by atoms with van der Waals surface area (Å²) in [7, 11) is 0. The zero-order chi connectivity index (χ0) is 16.0. The lowest BCUT2D eigenvalue weighted by Gasteiger charge is -2.34. The summed E-state index contributed by atoms with van der Waals surface area (Å²) in [5.74, 6) is -0.0261. The average molecular weight is 304 g/mol. The Morgan fingerprint density at radius 2 is 1.95 bits per heavy atom. The quantitative estimate of drug-likeness (QED) is 0.668. The molecule has 114 valence electrons. The van der Waals surface area contributed by atoms with E-state index in [1.54, 1.807) is 17.9 Å². The first-order chi connectivity index (χ1) is 9.76. The number of nitrogens with zero attached hydrogens (tertiary/aromatic N) is 1. The Labute approximate surface area is 133 Å². The average Bonchev–Trinajstić information content (AvgIpc) is 2.37. The summed E-state index contributed by atoms with van der Waals surface area (Å²) in [4.78, 5) is 14.4. The number of rotatable bonds is 5. The first-order valence-corrected chi connectivity index (χ1v) is 7.42. The van der Waals surface area contributed by atoms with Crippen molar-refractivity contribution in [3.8, 4) is 0 Å². The molecule has 0 aliphatic rings. The Morgan fingerprint density at radius 3 is 2.38 bits per heavy atom. The number of benzene rings is 1. The van der Waals surface area contributed by atoms with Crippen LogP contribution in [-0.4, -0.2) is 27.9 Å². The number of hydrogen-bond acceptors (Lipinski definition) is 2. The molecule has 1 amide bonds. The third-order valence-electron chi connectivity index (χ3n) is 2.90.